The number of hydrogen-bond donors (Lipinski definition) is 2. The first-order valence-corrected chi connectivity index (χ1v) is 12.9. The molecule has 1 aromatic carbocycles. The molecule has 0 saturated heterocycles. The maximum Gasteiger partial charge on any atom is 0.433 e. The Labute approximate surface area is 200 Å². The Morgan fingerprint density at radius 1 is 1.17 bits per heavy atom. The van der Waals surface area contributed by atoms with Crippen LogP contribution in [0.1, 0.15) is 55.6 Å². The van der Waals surface area contributed by atoms with Gasteiger partial charge in [0.2, 0.25) is 5.95 Å². The molecular weight excluding hydrogens is 487 g/mol. The highest BCUT2D eigenvalue weighted by Gasteiger charge is 2.40. The molecule has 9 nitrogen and oxygen atoms in total. The van der Waals surface area contributed by atoms with E-state index in [1.54, 1.807) is 4.90 Å². The first-order valence-electron chi connectivity index (χ1n) is 11.0. The van der Waals surface area contributed by atoms with Crippen molar-refractivity contribution in [3.05, 3.63) is 41.0 Å². The van der Waals surface area contributed by atoms with Gasteiger partial charge in [-0.3, -0.25) is 0 Å². The van der Waals surface area contributed by atoms with Crippen LogP contribution >= 0.6 is 0 Å². The van der Waals surface area contributed by atoms with Crippen molar-refractivity contribution in [2.75, 3.05) is 17.7 Å². The molecule has 0 saturated carbocycles. The third kappa shape index (κ3) is 4.47. The van der Waals surface area contributed by atoms with Gasteiger partial charge in [-0.1, -0.05) is 13.8 Å². The van der Waals surface area contributed by atoms with Crippen LogP contribution in [0.25, 0.3) is 11.0 Å². The fourth-order valence-electron chi connectivity index (χ4n) is 4.57. The Morgan fingerprint density at radius 2 is 1.86 bits per heavy atom. The molecule has 3 aromatic rings. The number of imidazole rings is 1. The molecule has 2 atom stereocenters. The van der Waals surface area contributed by atoms with E-state index in [4.69, 9.17) is 0 Å². The van der Waals surface area contributed by atoms with Crippen LogP contribution in [0.2, 0.25) is 0 Å². The van der Waals surface area contributed by atoms with Crippen molar-refractivity contribution in [3.8, 4) is 0 Å². The molecule has 1 aliphatic rings. The number of nitrogens with zero attached hydrogens (tertiary/aromatic N) is 5. The number of fused-ring (bicyclic) bond motifs is 3. The van der Waals surface area contributed by atoms with Crippen LogP contribution in [-0.2, 0) is 29.2 Å². The highest BCUT2D eigenvalue weighted by atomic mass is 32.2. The lowest BCUT2D eigenvalue weighted by molar-refractivity contribution is -0.142. The quantitative estimate of drug-likeness (QED) is 0.534. The summed E-state index contributed by atoms with van der Waals surface area (Å²) in [4.78, 5) is 14.3. The minimum absolute atomic E-state index is 0.00518. The van der Waals surface area contributed by atoms with Crippen LogP contribution in [0.3, 0.4) is 0 Å². The summed E-state index contributed by atoms with van der Waals surface area (Å²) >= 11 is 0. The third-order valence-electron chi connectivity index (χ3n) is 6.11. The zero-order valence-corrected chi connectivity index (χ0v) is 20.4. The molecular formula is C22H26F3N5O4S. The van der Waals surface area contributed by atoms with Crippen molar-refractivity contribution in [1.29, 1.82) is 0 Å². The fraction of sp³-hybridized carbons (Fsp3) is 0.500. The number of aliphatic hydroxyl groups excluding tert-OH is 2. The Kier molecular flexibility index (Phi) is 6.31. The molecule has 1 aliphatic heterocycles. The highest BCUT2D eigenvalue weighted by Crippen LogP contribution is 2.39. The highest BCUT2D eigenvalue weighted by molar-refractivity contribution is 7.90. The van der Waals surface area contributed by atoms with Crippen molar-refractivity contribution in [3.63, 3.8) is 0 Å². The van der Waals surface area contributed by atoms with Crippen molar-refractivity contribution < 1.29 is 31.8 Å². The molecule has 0 aliphatic carbocycles. The fourth-order valence-corrected chi connectivity index (χ4v) is 5.49. The lowest BCUT2D eigenvalue weighted by Gasteiger charge is -2.38. The lowest BCUT2D eigenvalue weighted by atomic mass is 10.00. The largest absolute Gasteiger partial charge is 0.433 e. The van der Waals surface area contributed by atoms with E-state index in [1.165, 1.54) is 19.1 Å². The van der Waals surface area contributed by atoms with Gasteiger partial charge in [-0.15, -0.1) is 0 Å². The molecule has 0 amide bonds. The average Bonchev–Trinajstić information content (AvgIpc) is 3.13. The summed E-state index contributed by atoms with van der Waals surface area (Å²) in [5.74, 6) is 0.283. The lowest BCUT2D eigenvalue weighted by Crippen LogP contribution is -2.42. The van der Waals surface area contributed by atoms with Crippen molar-refractivity contribution in [1.82, 2.24) is 19.5 Å². The molecule has 2 N–H and O–H groups in total. The Bertz CT molecular complexity index is 1390. The molecule has 190 valence electrons. The monoisotopic (exact) mass is 513 g/mol. The smallest absolute Gasteiger partial charge is 0.392 e. The van der Waals surface area contributed by atoms with Gasteiger partial charge in [-0.2, -0.15) is 13.2 Å². The van der Waals surface area contributed by atoms with E-state index in [0.717, 1.165) is 12.5 Å². The number of alkyl halides is 3. The second kappa shape index (κ2) is 8.71. The van der Waals surface area contributed by atoms with Gasteiger partial charge in [0.05, 0.1) is 34.7 Å². The molecule has 4 rings (SSSR count). The zero-order valence-electron chi connectivity index (χ0n) is 19.6. The van der Waals surface area contributed by atoms with E-state index >= 15 is 0 Å². The number of halogens is 3. The van der Waals surface area contributed by atoms with E-state index in [-0.39, 0.29) is 28.9 Å². The van der Waals surface area contributed by atoms with Crippen LogP contribution in [0, 0.1) is 5.92 Å². The molecule has 13 heteroatoms. The van der Waals surface area contributed by atoms with Crippen molar-refractivity contribution in [2.45, 2.75) is 57.1 Å². The SMILES string of the molecule is CC(C)[C@H]1c2nc3cc(CO)c(S(C)(=O)=O)cc3n2CCN1c1ncc([C@H](C)O)c(C(F)(F)F)n1. The Morgan fingerprint density at radius 3 is 2.40 bits per heavy atom. The van der Waals surface area contributed by atoms with Gasteiger partial charge < -0.3 is 19.7 Å². The van der Waals surface area contributed by atoms with Gasteiger partial charge >= 0.3 is 6.18 Å². The van der Waals surface area contributed by atoms with Crippen LogP contribution in [0.5, 0.6) is 0 Å². The van der Waals surface area contributed by atoms with E-state index in [2.05, 4.69) is 15.0 Å². The van der Waals surface area contributed by atoms with Crippen LogP contribution in [0.4, 0.5) is 19.1 Å². The normalized spacial score (nSPS) is 17.8. The average molecular weight is 514 g/mol. The maximum absolute atomic E-state index is 13.7. The van der Waals surface area contributed by atoms with E-state index in [1.807, 2.05) is 18.4 Å². The number of hydrogen-bond acceptors (Lipinski definition) is 8. The summed E-state index contributed by atoms with van der Waals surface area (Å²) in [6.07, 6.45) is -4.11. The Balaban J connectivity index is 1.88. The van der Waals surface area contributed by atoms with E-state index < -0.39 is 46.0 Å². The Hall–Kier alpha value is -2.77. The first-order chi connectivity index (χ1) is 16.2. The van der Waals surface area contributed by atoms with E-state index in [9.17, 15) is 31.8 Å². The van der Waals surface area contributed by atoms with Gasteiger partial charge in [0.25, 0.3) is 0 Å². The van der Waals surface area contributed by atoms with Gasteiger partial charge in [0.1, 0.15) is 5.82 Å². The standard InChI is InChI=1S/C22H26F3N5O4S/c1-11(2)18-20-27-15-7-13(10-31)17(35(4,33)34)8-16(15)29(20)5-6-30(18)21-26-9-14(12(3)32)19(28-21)22(23,24)25/h7-9,11-12,18,31-32H,5-6,10H2,1-4H3/t12-,18-/m0/s1. The minimum atomic E-state index is -4.77. The molecule has 0 bridgehead atoms. The number of anilines is 1. The summed E-state index contributed by atoms with van der Waals surface area (Å²) in [7, 11) is -3.61. The predicted octanol–water partition coefficient (Wildman–Crippen LogP) is 3.01. The second-order valence-corrected chi connectivity index (χ2v) is 11.0. The topological polar surface area (TPSA) is 121 Å². The van der Waals surface area contributed by atoms with Gasteiger partial charge in [0.15, 0.2) is 15.5 Å². The number of rotatable bonds is 5. The number of benzene rings is 1. The summed E-state index contributed by atoms with van der Waals surface area (Å²) in [5.41, 5.74) is -0.337. The summed E-state index contributed by atoms with van der Waals surface area (Å²) in [6.45, 7) is 5.08. The molecule has 35 heavy (non-hydrogen) atoms. The molecule has 0 fully saturated rings. The van der Waals surface area contributed by atoms with E-state index in [0.29, 0.717) is 23.4 Å². The van der Waals surface area contributed by atoms with Crippen LogP contribution < -0.4 is 4.90 Å². The second-order valence-electron chi connectivity index (χ2n) is 9.03. The van der Waals surface area contributed by atoms with Crippen LogP contribution in [0.15, 0.2) is 23.2 Å². The maximum atomic E-state index is 13.7. The number of aromatic nitrogens is 4. The summed E-state index contributed by atoms with van der Waals surface area (Å²) < 4.78 is 67.5. The minimum Gasteiger partial charge on any atom is -0.392 e. The van der Waals surface area contributed by atoms with Crippen molar-refractivity contribution in [2.24, 2.45) is 5.92 Å². The molecule has 3 heterocycles. The number of sulfone groups is 1. The summed E-state index contributed by atoms with van der Waals surface area (Å²) in [6, 6.07) is 2.50. The third-order valence-corrected chi connectivity index (χ3v) is 7.28. The zero-order chi connectivity index (χ0) is 25.9. The van der Waals surface area contributed by atoms with Crippen LogP contribution in [-0.4, -0.2) is 51.0 Å². The first kappa shape index (κ1) is 25.3. The molecule has 0 unspecified atom stereocenters. The van der Waals surface area contributed by atoms with Crippen molar-refractivity contribution >= 4 is 26.8 Å². The predicted molar refractivity (Wildman–Crippen MR) is 121 cm³/mol. The summed E-state index contributed by atoms with van der Waals surface area (Å²) in [5, 5.41) is 19.5. The van der Waals surface area contributed by atoms with Gasteiger partial charge in [0, 0.05) is 31.1 Å². The van der Waals surface area contributed by atoms with Gasteiger partial charge in [-0.05, 0) is 30.5 Å². The molecule has 2 aromatic heterocycles. The molecule has 0 radical (unpaired) electrons. The number of aliphatic hydroxyl groups is 2. The molecule has 0 spiro atoms. The van der Waals surface area contributed by atoms with Gasteiger partial charge in [-0.25, -0.2) is 23.4 Å².